The zero-order valence-electron chi connectivity index (χ0n) is 16.2. The van der Waals surface area contributed by atoms with E-state index in [1.54, 1.807) is 0 Å². The minimum absolute atomic E-state index is 0.237. The largest absolute Gasteiger partial charge is 0.344 e. The predicted molar refractivity (Wildman–Crippen MR) is 107 cm³/mol. The lowest BCUT2D eigenvalue weighted by Crippen LogP contribution is -2.44. The average Bonchev–Trinajstić information content (AvgIpc) is 3.27. The lowest BCUT2D eigenvalue weighted by Gasteiger charge is -2.32. The van der Waals surface area contributed by atoms with E-state index in [1.165, 1.54) is 35.0 Å². The average molecular weight is 354 g/mol. The van der Waals surface area contributed by atoms with E-state index in [0.717, 1.165) is 57.3 Å². The SMILES string of the molecule is CCCCc1cccc2c1c(C(=O)N(C)C1CCNCC1)c1n2CCC1. The van der Waals surface area contributed by atoms with Gasteiger partial charge in [-0.25, -0.2) is 0 Å². The van der Waals surface area contributed by atoms with Crippen LogP contribution in [0.25, 0.3) is 10.9 Å². The maximum Gasteiger partial charge on any atom is 0.256 e. The number of nitrogens with zero attached hydrogens (tertiary/aromatic N) is 2. The molecule has 1 amide bonds. The van der Waals surface area contributed by atoms with Gasteiger partial charge in [-0.05, 0) is 63.2 Å². The van der Waals surface area contributed by atoms with Crippen LogP contribution in [0, 0.1) is 0 Å². The Labute approximate surface area is 156 Å². The number of aromatic nitrogens is 1. The summed E-state index contributed by atoms with van der Waals surface area (Å²) >= 11 is 0. The molecule has 0 bridgehead atoms. The Balaban J connectivity index is 1.78. The van der Waals surface area contributed by atoms with Crippen LogP contribution in [0.2, 0.25) is 0 Å². The summed E-state index contributed by atoms with van der Waals surface area (Å²) in [6.07, 6.45) is 7.72. The van der Waals surface area contributed by atoms with Crippen molar-refractivity contribution in [2.75, 3.05) is 20.1 Å². The first kappa shape index (κ1) is 17.6. The zero-order chi connectivity index (χ0) is 18.1. The molecule has 0 aliphatic carbocycles. The van der Waals surface area contributed by atoms with Gasteiger partial charge in [0.25, 0.3) is 5.91 Å². The lowest BCUT2D eigenvalue weighted by atomic mass is 9.97. The number of piperidine rings is 1. The highest BCUT2D eigenvalue weighted by molar-refractivity contribution is 6.10. The third-order valence-corrected chi connectivity index (χ3v) is 6.27. The summed E-state index contributed by atoms with van der Waals surface area (Å²) in [6, 6.07) is 6.97. The monoisotopic (exact) mass is 353 g/mol. The molecule has 4 rings (SSSR count). The molecule has 140 valence electrons. The number of carbonyl (C=O) groups excluding carboxylic acids is 1. The minimum atomic E-state index is 0.237. The molecule has 2 aliphatic rings. The van der Waals surface area contributed by atoms with Crippen LogP contribution < -0.4 is 5.32 Å². The van der Waals surface area contributed by atoms with Gasteiger partial charge in [0.15, 0.2) is 0 Å². The van der Waals surface area contributed by atoms with E-state index in [2.05, 4.69) is 35.0 Å². The van der Waals surface area contributed by atoms with E-state index in [9.17, 15) is 4.79 Å². The fourth-order valence-electron chi connectivity index (χ4n) is 4.79. The molecule has 3 heterocycles. The molecule has 1 fully saturated rings. The Hall–Kier alpha value is -1.81. The molecule has 2 aromatic rings. The molecule has 1 aromatic heterocycles. The smallest absolute Gasteiger partial charge is 0.256 e. The van der Waals surface area contributed by atoms with Gasteiger partial charge in [0.05, 0.1) is 5.56 Å². The molecule has 2 aliphatic heterocycles. The van der Waals surface area contributed by atoms with Gasteiger partial charge in [-0.1, -0.05) is 25.5 Å². The summed E-state index contributed by atoms with van der Waals surface area (Å²) in [4.78, 5) is 15.6. The summed E-state index contributed by atoms with van der Waals surface area (Å²) < 4.78 is 2.41. The molecule has 0 atom stereocenters. The maximum absolute atomic E-state index is 13.6. The number of fused-ring (bicyclic) bond motifs is 3. The van der Waals surface area contributed by atoms with Gasteiger partial charge in [0.1, 0.15) is 0 Å². The Kier molecular flexibility index (Phi) is 5.03. The molecule has 26 heavy (non-hydrogen) atoms. The van der Waals surface area contributed by atoms with Gasteiger partial charge in [-0.15, -0.1) is 0 Å². The molecule has 0 unspecified atom stereocenters. The van der Waals surface area contributed by atoms with Crippen molar-refractivity contribution in [1.82, 2.24) is 14.8 Å². The van der Waals surface area contributed by atoms with Crippen molar-refractivity contribution in [3.05, 3.63) is 35.0 Å². The van der Waals surface area contributed by atoms with E-state index in [-0.39, 0.29) is 5.91 Å². The Bertz CT molecular complexity index is 801. The predicted octanol–water partition coefficient (Wildman–Crippen LogP) is 3.75. The first-order valence-corrected chi connectivity index (χ1v) is 10.3. The Morgan fingerprint density at radius 3 is 2.88 bits per heavy atom. The second-order valence-corrected chi connectivity index (χ2v) is 7.89. The van der Waals surface area contributed by atoms with Gasteiger partial charge in [0.2, 0.25) is 0 Å². The fraction of sp³-hybridized carbons (Fsp3) is 0.591. The lowest BCUT2D eigenvalue weighted by molar-refractivity contribution is 0.0704. The molecule has 1 aromatic carbocycles. The fourth-order valence-corrected chi connectivity index (χ4v) is 4.79. The Morgan fingerprint density at radius 2 is 2.12 bits per heavy atom. The van der Waals surface area contributed by atoms with Crippen molar-refractivity contribution < 1.29 is 4.79 Å². The summed E-state index contributed by atoms with van der Waals surface area (Å²) in [5.41, 5.74) is 4.90. The van der Waals surface area contributed by atoms with E-state index >= 15 is 0 Å². The maximum atomic E-state index is 13.6. The first-order chi connectivity index (χ1) is 12.7. The summed E-state index contributed by atoms with van der Waals surface area (Å²) in [5.74, 6) is 0.237. The van der Waals surface area contributed by atoms with Gasteiger partial charge >= 0.3 is 0 Å². The normalized spacial score (nSPS) is 17.6. The zero-order valence-corrected chi connectivity index (χ0v) is 16.2. The van der Waals surface area contributed by atoms with Crippen LogP contribution in [0.3, 0.4) is 0 Å². The van der Waals surface area contributed by atoms with Crippen LogP contribution in [0.15, 0.2) is 18.2 Å². The van der Waals surface area contributed by atoms with Crippen LogP contribution in [0.4, 0.5) is 0 Å². The van der Waals surface area contributed by atoms with Crippen LogP contribution in [-0.4, -0.2) is 41.6 Å². The van der Waals surface area contributed by atoms with Crippen LogP contribution in [0.1, 0.15) is 60.6 Å². The van der Waals surface area contributed by atoms with Crippen molar-refractivity contribution >= 4 is 16.8 Å². The standard InChI is InChI=1S/C22H31N3O/c1-3-4-7-16-8-5-9-18-20(16)21(19-10-6-15-25(18)19)22(26)24(2)17-11-13-23-14-12-17/h5,8-9,17,23H,3-4,6-7,10-15H2,1-2H3. The molecule has 4 nitrogen and oxygen atoms in total. The molecule has 0 saturated carbocycles. The molecule has 0 spiro atoms. The van der Waals surface area contributed by atoms with Gasteiger partial charge in [-0.2, -0.15) is 0 Å². The number of hydrogen-bond acceptors (Lipinski definition) is 2. The van der Waals surface area contributed by atoms with Gasteiger partial charge < -0.3 is 14.8 Å². The number of hydrogen-bond donors (Lipinski definition) is 1. The van der Waals surface area contributed by atoms with Crippen molar-refractivity contribution in [1.29, 1.82) is 0 Å². The number of aryl methyl sites for hydroxylation is 2. The second kappa shape index (κ2) is 7.43. The van der Waals surface area contributed by atoms with Crippen LogP contribution in [0.5, 0.6) is 0 Å². The van der Waals surface area contributed by atoms with Crippen molar-refractivity contribution in [2.45, 2.75) is 64.5 Å². The Morgan fingerprint density at radius 1 is 1.31 bits per heavy atom. The third kappa shape index (κ3) is 2.94. The molecule has 1 saturated heterocycles. The first-order valence-electron chi connectivity index (χ1n) is 10.3. The molecular formula is C22H31N3O. The highest BCUT2D eigenvalue weighted by Gasteiger charge is 2.31. The van der Waals surface area contributed by atoms with Crippen molar-refractivity contribution in [2.24, 2.45) is 0 Å². The van der Waals surface area contributed by atoms with E-state index in [0.29, 0.717) is 6.04 Å². The summed E-state index contributed by atoms with van der Waals surface area (Å²) in [5, 5.41) is 4.64. The number of amides is 1. The van der Waals surface area contributed by atoms with Crippen molar-refractivity contribution in [3.8, 4) is 0 Å². The third-order valence-electron chi connectivity index (χ3n) is 6.27. The number of benzene rings is 1. The topological polar surface area (TPSA) is 37.3 Å². The minimum Gasteiger partial charge on any atom is -0.344 e. The molecule has 1 N–H and O–H groups in total. The van der Waals surface area contributed by atoms with Gasteiger partial charge in [-0.3, -0.25) is 4.79 Å². The van der Waals surface area contributed by atoms with Crippen LogP contribution in [-0.2, 0) is 19.4 Å². The number of carbonyl (C=O) groups is 1. The highest BCUT2D eigenvalue weighted by atomic mass is 16.2. The van der Waals surface area contributed by atoms with Crippen molar-refractivity contribution in [3.63, 3.8) is 0 Å². The molecule has 0 radical (unpaired) electrons. The van der Waals surface area contributed by atoms with E-state index in [4.69, 9.17) is 0 Å². The quantitative estimate of drug-likeness (QED) is 0.889. The highest BCUT2D eigenvalue weighted by Crippen LogP contribution is 2.35. The summed E-state index contributed by atoms with van der Waals surface area (Å²) in [7, 11) is 2.01. The van der Waals surface area contributed by atoms with E-state index in [1.807, 2.05) is 11.9 Å². The van der Waals surface area contributed by atoms with Gasteiger partial charge in [0, 0.05) is 36.2 Å². The summed E-state index contributed by atoms with van der Waals surface area (Å²) in [6.45, 7) is 5.31. The van der Waals surface area contributed by atoms with E-state index < -0.39 is 0 Å². The molecule has 4 heteroatoms. The molecular weight excluding hydrogens is 322 g/mol. The number of nitrogens with one attached hydrogen (secondary N) is 1. The second-order valence-electron chi connectivity index (χ2n) is 7.89. The number of rotatable bonds is 5. The van der Waals surface area contributed by atoms with Crippen LogP contribution >= 0.6 is 0 Å². The number of unbranched alkanes of at least 4 members (excludes halogenated alkanes) is 1.